The number of nitrogens with one attached hydrogen (secondary N) is 1. The van der Waals surface area contributed by atoms with Crippen LogP contribution in [-0.2, 0) is 0 Å². The molecular weight excluding hydrogens is 165 g/mol. The lowest BCUT2D eigenvalue weighted by Crippen LogP contribution is -1.76. The van der Waals surface area contributed by atoms with Gasteiger partial charge in [0, 0.05) is 20.3 Å². The molecule has 1 rings (SSSR count). The summed E-state index contributed by atoms with van der Waals surface area (Å²) < 4.78 is 29.0. The molecule has 65 valence electrons. The molecule has 3 radical (unpaired) electrons. The van der Waals surface area contributed by atoms with E-state index in [0.29, 0.717) is 0 Å². The highest BCUT2D eigenvalue weighted by Crippen LogP contribution is 1.99. The van der Waals surface area contributed by atoms with Gasteiger partial charge < -0.3 is 4.98 Å². The van der Waals surface area contributed by atoms with Crippen molar-refractivity contribution < 1.29 is 12.9 Å². The first-order valence-corrected chi connectivity index (χ1v) is 3.07. The van der Waals surface area contributed by atoms with Crippen molar-refractivity contribution in [3.05, 3.63) is 23.5 Å². The Morgan fingerprint density at radius 2 is 1.67 bits per heavy atom. The zero-order chi connectivity index (χ0) is 8.85. The number of rotatable bonds is 0. The molecule has 0 fully saturated rings. The summed E-state index contributed by atoms with van der Waals surface area (Å²) in [5.41, 5.74) is 2.60. The van der Waals surface area contributed by atoms with Crippen LogP contribution in [0.2, 0.25) is 0 Å². The van der Waals surface area contributed by atoms with E-state index >= 15 is 0 Å². The van der Waals surface area contributed by atoms with Gasteiger partial charge in [-0.2, -0.15) is 0 Å². The highest BCUT2D eigenvalue weighted by atomic mass is 19.4. The van der Waals surface area contributed by atoms with E-state index in [4.69, 9.17) is 0 Å². The van der Waals surface area contributed by atoms with Gasteiger partial charge in [-0.3, -0.25) is 12.9 Å². The Balaban J connectivity index is 0. The van der Waals surface area contributed by atoms with Gasteiger partial charge >= 0.3 is 7.54 Å². The van der Waals surface area contributed by atoms with E-state index in [9.17, 15) is 12.9 Å². The number of H-pyrrole nitrogens is 1. The Bertz CT molecular complexity index is 183. The summed E-state index contributed by atoms with van der Waals surface area (Å²) in [6.45, 7) is 4.15. The molecule has 1 N–H and O–H groups in total. The minimum absolute atomic E-state index is 0. The minimum Gasteiger partial charge on any atom is -0.365 e. The van der Waals surface area contributed by atoms with Crippen LogP contribution >= 0.6 is 0 Å². The maximum Gasteiger partial charge on any atom is 0.762 e. The standard InChI is InChI=1S/C6H9N.BF3.B/c1-5-3-4-7-6(5)2;2-1(3)4;/h3-4,7H,1-2H3;;. The summed E-state index contributed by atoms with van der Waals surface area (Å²) in [4.78, 5) is 3.07. The normalized spacial score (nSPS) is 7.75. The molecule has 0 bridgehead atoms. The maximum atomic E-state index is 9.67. The number of aromatic nitrogens is 1. The van der Waals surface area contributed by atoms with Crippen molar-refractivity contribution >= 4 is 16.0 Å². The van der Waals surface area contributed by atoms with Crippen LogP contribution in [0.3, 0.4) is 0 Å². The van der Waals surface area contributed by atoms with E-state index < -0.39 is 7.54 Å². The van der Waals surface area contributed by atoms with Crippen molar-refractivity contribution in [3.63, 3.8) is 0 Å². The SMILES string of the molecule is Cc1cc[nH]c1C.FB(F)F.[B]. The van der Waals surface area contributed by atoms with Gasteiger partial charge in [0.1, 0.15) is 0 Å². The van der Waals surface area contributed by atoms with Gasteiger partial charge in [0.05, 0.1) is 0 Å². The Labute approximate surface area is 72.2 Å². The molecule has 12 heavy (non-hydrogen) atoms. The predicted octanol–water partition coefficient (Wildman–Crippen LogP) is 2.13. The van der Waals surface area contributed by atoms with Gasteiger partial charge in [-0.25, -0.2) is 0 Å². The first-order chi connectivity index (χ1) is 5.04. The van der Waals surface area contributed by atoms with E-state index in [1.165, 1.54) is 11.3 Å². The zero-order valence-electron chi connectivity index (χ0n) is 6.94. The fourth-order valence-electron chi connectivity index (χ4n) is 0.531. The van der Waals surface area contributed by atoms with Gasteiger partial charge in [0.25, 0.3) is 0 Å². The van der Waals surface area contributed by atoms with Gasteiger partial charge in [0.15, 0.2) is 0 Å². The average Bonchev–Trinajstić information content (AvgIpc) is 2.15. The fraction of sp³-hybridized carbons (Fsp3) is 0.333. The van der Waals surface area contributed by atoms with Crippen molar-refractivity contribution in [2.45, 2.75) is 13.8 Å². The molecule has 0 aliphatic carbocycles. The Morgan fingerprint density at radius 3 is 1.75 bits per heavy atom. The van der Waals surface area contributed by atoms with Crippen molar-refractivity contribution in [1.82, 2.24) is 4.98 Å². The second-order valence-electron chi connectivity index (χ2n) is 2.03. The Kier molecular flexibility index (Phi) is 7.90. The van der Waals surface area contributed by atoms with Gasteiger partial charge in [-0.05, 0) is 25.5 Å². The third-order valence-electron chi connectivity index (χ3n) is 1.22. The average molecular weight is 174 g/mol. The highest BCUT2D eigenvalue weighted by Gasteiger charge is 2.06. The number of aryl methyl sites for hydroxylation is 2. The van der Waals surface area contributed by atoms with E-state index in [1.54, 1.807) is 0 Å². The predicted molar refractivity (Wildman–Crippen MR) is 45.1 cm³/mol. The molecule has 0 unspecified atom stereocenters. The molecular formula is C6H9B2F3N. The Morgan fingerprint density at radius 1 is 1.25 bits per heavy atom. The molecule has 1 aromatic heterocycles. The van der Waals surface area contributed by atoms with Crippen LogP contribution < -0.4 is 0 Å². The third kappa shape index (κ3) is 7.31. The molecule has 0 amide bonds. The van der Waals surface area contributed by atoms with E-state index in [-0.39, 0.29) is 8.41 Å². The third-order valence-corrected chi connectivity index (χ3v) is 1.22. The summed E-state index contributed by atoms with van der Waals surface area (Å²) >= 11 is 0. The van der Waals surface area contributed by atoms with Crippen molar-refractivity contribution in [1.29, 1.82) is 0 Å². The molecule has 0 aliphatic rings. The minimum atomic E-state index is -3.67. The molecule has 0 saturated carbocycles. The molecule has 1 aromatic rings. The number of halogens is 3. The first-order valence-electron chi connectivity index (χ1n) is 3.07. The summed E-state index contributed by atoms with van der Waals surface area (Å²) in [5, 5.41) is 0. The molecule has 0 spiro atoms. The smallest absolute Gasteiger partial charge is 0.365 e. The number of hydrogen-bond acceptors (Lipinski definition) is 0. The monoisotopic (exact) mass is 174 g/mol. The molecule has 0 saturated heterocycles. The van der Waals surface area contributed by atoms with Crippen LogP contribution in [0.5, 0.6) is 0 Å². The summed E-state index contributed by atoms with van der Waals surface area (Å²) in [7, 11) is -3.67. The van der Waals surface area contributed by atoms with E-state index in [2.05, 4.69) is 24.9 Å². The number of hydrogen-bond donors (Lipinski definition) is 1. The van der Waals surface area contributed by atoms with Crippen LogP contribution in [0.15, 0.2) is 12.3 Å². The molecule has 0 aliphatic heterocycles. The molecule has 0 atom stereocenters. The zero-order valence-corrected chi connectivity index (χ0v) is 6.94. The van der Waals surface area contributed by atoms with Gasteiger partial charge in [-0.15, -0.1) is 0 Å². The summed E-state index contributed by atoms with van der Waals surface area (Å²) in [5.74, 6) is 0. The van der Waals surface area contributed by atoms with Gasteiger partial charge in [-0.1, -0.05) is 0 Å². The van der Waals surface area contributed by atoms with Crippen LogP contribution in [0.1, 0.15) is 11.3 Å². The second-order valence-corrected chi connectivity index (χ2v) is 2.03. The molecule has 1 heterocycles. The number of aromatic amines is 1. The first kappa shape index (κ1) is 13.8. The largest absolute Gasteiger partial charge is 0.762 e. The Hall–Kier alpha value is -0.800. The van der Waals surface area contributed by atoms with Crippen molar-refractivity contribution in [2.75, 3.05) is 0 Å². The topological polar surface area (TPSA) is 15.8 Å². The van der Waals surface area contributed by atoms with E-state index in [1.807, 2.05) is 6.20 Å². The van der Waals surface area contributed by atoms with Crippen LogP contribution in [0, 0.1) is 13.8 Å². The van der Waals surface area contributed by atoms with Crippen LogP contribution in [0.4, 0.5) is 12.9 Å². The van der Waals surface area contributed by atoms with E-state index in [0.717, 1.165) is 0 Å². The van der Waals surface area contributed by atoms with Gasteiger partial charge in [0.2, 0.25) is 0 Å². The highest BCUT2D eigenvalue weighted by molar-refractivity contribution is 6.33. The lowest BCUT2D eigenvalue weighted by atomic mass is 10.3. The maximum absolute atomic E-state index is 9.67. The van der Waals surface area contributed by atoms with Crippen molar-refractivity contribution in [2.24, 2.45) is 0 Å². The summed E-state index contributed by atoms with van der Waals surface area (Å²) in [6.07, 6.45) is 1.95. The fourth-order valence-corrected chi connectivity index (χ4v) is 0.531. The lowest BCUT2D eigenvalue weighted by molar-refractivity contribution is 0.535. The molecule has 1 nitrogen and oxygen atoms in total. The summed E-state index contributed by atoms with van der Waals surface area (Å²) in [6, 6.07) is 2.06. The quantitative estimate of drug-likeness (QED) is 0.579. The molecule has 6 heteroatoms. The molecule has 0 aromatic carbocycles. The second kappa shape index (κ2) is 6.88. The van der Waals surface area contributed by atoms with Crippen LogP contribution in [0.25, 0.3) is 0 Å². The van der Waals surface area contributed by atoms with Crippen LogP contribution in [-0.4, -0.2) is 20.9 Å². The van der Waals surface area contributed by atoms with Crippen molar-refractivity contribution in [3.8, 4) is 0 Å². The lowest BCUT2D eigenvalue weighted by Gasteiger charge is -1.81.